The summed E-state index contributed by atoms with van der Waals surface area (Å²) < 4.78 is 24.6. The molecule has 140 valence electrons. The highest BCUT2D eigenvalue weighted by Gasteiger charge is 2.52. The number of carbonyl (C=O) groups excluding carboxylic acids is 3. The first-order valence-electron chi connectivity index (χ1n) is 8.18. The number of nitrogens with zero attached hydrogens (tertiary/aromatic N) is 1. The molecule has 1 heterocycles. The smallest absolute Gasteiger partial charge is 0.322 e. The van der Waals surface area contributed by atoms with E-state index in [1.54, 1.807) is 0 Å². The van der Waals surface area contributed by atoms with Gasteiger partial charge in [-0.25, -0.2) is 13.2 Å². The van der Waals surface area contributed by atoms with Gasteiger partial charge in [-0.3, -0.25) is 15.0 Å². The quantitative estimate of drug-likeness (QED) is 0.743. The molecule has 2 N–H and O–H groups in total. The topological polar surface area (TPSA) is 113 Å². The number of sulfone groups is 1. The summed E-state index contributed by atoms with van der Waals surface area (Å²) >= 11 is 5.72. The van der Waals surface area contributed by atoms with E-state index in [1.165, 1.54) is 24.3 Å². The van der Waals surface area contributed by atoms with Gasteiger partial charge in [0.05, 0.1) is 4.90 Å². The fourth-order valence-electron chi connectivity index (χ4n) is 3.27. The van der Waals surface area contributed by atoms with Gasteiger partial charge in [-0.1, -0.05) is 30.9 Å². The molecule has 2 fully saturated rings. The van der Waals surface area contributed by atoms with Crippen molar-refractivity contribution in [1.29, 1.82) is 0 Å². The molecular formula is C16H18ClN3O5S. The number of hydrogen-bond acceptors (Lipinski definition) is 5. The fraction of sp³-hybridized carbons (Fsp3) is 0.438. The van der Waals surface area contributed by atoms with Crippen LogP contribution in [-0.2, 0) is 19.4 Å². The van der Waals surface area contributed by atoms with Crippen LogP contribution >= 0.6 is 11.6 Å². The van der Waals surface area contributed by atoms with Crippen molar-refractivity contribution in [1.82, 2.24) is 15.8 Å². The molecule has 4 amide bonds. The number of rotatable bonds is 4. The number of hydrogen-bond donors (Lipinski definition) is 2. The molecule has 0 atom stereocenters. The SMILES string of the molecule is O=C(CS(=O)(=O)c1ccc(Cl)cc1)NN1C(=O)NC2(CCCCC2)C1=O. The maximum absolute atomic E-state index is 12.6. The highest BCUT2D eigenvalue weighted by atomic mass is 35.5. The van der Waals surface area contributed by atoms with E-state index in [0.29, 0.717) is 22.9 Å². The van der Waals surface area contributed by atoms with Crippen LogP contribution in [0.15, 0.2) is 29.2 Å². The van der Waals surface area contributed by atoms with Crippen LogP contribution in [0.4, 0.5) is 4.79 Å². The Morgan fingerprint density at radius 1 is 1.15 bits per heavy atom. The van der Waals surface area contributed by atoms with Gasteiger partial charge in [0.15, 0.2) is 9.84 Å². The number of carbonyl (C=O) groups is 3. The van der Waals surface area contributed by atoms with E-state index in [9.17, 15) is 22.8 Å². The Balaban J connectivity index is 1.69. The van der Waals surface area contributed by atoms with Crippen molar-refractivity contribution >= 4 is 39.3 Å². The van der Waals surface area contributed by atoms with Gasteiger partial charge in [0, 0.05) is 5.02 Å². The van der Waals surface area contributed by atoms with Gasteiger partial charge in [0.25, 0.3) is 11.8 Å². The van der Waals surface area contributed by atoms with E-state index >= 15 is 0 Å². The van der Waals surface area contributed by atoms with E-state index in [4.69, 9.17) is 11.6 Å². The first-order chi connectivity index (χ1) is 12.2. The van der Waals surface area contributed by atoms with Crippen molar-refractivity contribution in [3.05, 3.63) is 29.3 Å². The van der Waals surface area contributed by atoms with Crippen molar-refractivity contribution < 1.29 is 22.8 Å². The van der Waals surface area contributed by atoms with Crippen LogP contribution < -0.4 is 10.7 Å². The summed E-state index contributed by atoms with van der Waals surface area (Å²) in [5, 5.41) is 3.59. The van der Waals surface area contributed by atoms with Crippen LogP contribution in [0.25, 0.3) is 0 Å². The summed E-state index contributed by atoms with van der Waals surface area (Å²) in [4.78, 5) is 36.7. The van der Waals surface area contributed by atoms with Gasteiger partial charge in [0.2, 0.25) is 0 Å². The van der Waals surface area contributed by atoms with Crippen LogP contribution in [0.1, 0.15) is 32.1 Å². The van der Waals surface area contributed by atoms with Crippen molar-refractivity contribution in [2.75, 3.05) is 5.75 Å². The number of amides is 4. The normalized spacial score (nSPS) is 19.5. The number of imide groups is 1. The Bertz CT molecular complexity index is 847. The first-order valence-corrected chi connectivity index (χ1v) is 10.2. The lowest BCUT2D eigenvalue weighted by molar-refractivity contribution is -0.139. The molecule has 1 saturated heterocycles. The number of nitrogens with one attached hydrogen (secondary N) is 2. The molecule has 0 unspecified atom stereocenters. The maximum Gasteiger partial charge on any atom is 0.344 e. The van der Waals surface area contributed by atoms with Gasteiger partial charge < -0.3 is 5.32 Å². The molecule has 0 radical (unpaired) electrons. The third kappa shape index (κ3) is 3.54. The Morgan fingerprint density at radius 3 is 2.38 bits per heavy atom. The summed E-state index contributed by atoms with van der Waals surface area (Å²) in [6.45, 7) is 0. The third-order valence-electron chi connectivity index (χ3n) is 4.60. The minimum Gasteiger partial charge on any atom is -0.322 e. The highest BCUT2D eigenvalue weighted by Crippen LogP contribution is 2.33. The number of halogens is 1. The Labute approximate surface area is 155 Å². The minimum atomic E-state index is -3.93. The van der Waals surface area contributed by atoms with Crippen LogP contribution in [0, 0.1) is 0 Å². The molecule has 1 aliphatic carbocycles. The summed E-state index contributed by atoms with van der Waals surface area (Å²) in [5.41, 5.74) is 1.13. The Morgan fingerprint density at radius 2 is 1.77 bits per heavy atom. The summed E-state index contributed by atoms with van der Waals surface area (Å²) in [7, 11) is -3.93. The standard InChI is InChI=1S/C16H18ClN3O5S/c17-11-4-6-12(7-5-11)26(24,25)10-13(21)19-20-14(22)16(18-15(20)23)8-2-1-3-9-16/h4-7H,1-3,8-10H2,(H,18,23)(H,19,21). The molecule has 1 aromatic rings. The largest absolute Gasteiger partial charge is 0.344 e. The number of urea groups is 1. The predicted octanol–water partition coefficient (Wildman–Crippen LogP) is 1.40. The lowest BCUT2D eigenvalue weighted by Gasteiger charge is -2.30. The minimum absolute atomic E-state index is 0.0713. The van der Waals surface area contributed by atoms with Crippen LogP contribution in [0.2, 0.25) is 5.02 Å². The van der Waals surface area contributed by atoms with Crippen LogP contribution in [-0.4, -0.2) is 42.6 Å². The predicted molar refractivity (Wildman–Crippen MR) is 92.8 cm³/mol. The maximum atomic E-state index is 12.6. The van der Waals surface area contributed by atoms with Gasteiger partial charge >= 0.3 is 6.03 Å². The molecule has 3 rings (SSSR count). The van der Waals surface area contributed by atoms with Gasteiger partial charge in [-0.2, -0.15) is 5.01 Å². The van der Waals surface area contributed by atoms with E-state index in [1.807, 2.05) is 0 Å². The molecule has 0 aromatic heterocycles. The lowest BCUT2D eigenvalue weighted by Crippen LogP contribution is -2.51. The second kappa shape index (κ2) is 6.88. The van der Waals surface area contributed by atoms with Gasteiger partial charge in [-0.05, 0) is 37.1 Å². The summed E-state index contributed by atoms with van der Waals surface area (Å²) in [6, 6.07) is 4.63. The van der Waals surface area contributed by atoms with Crippen LogP contribution in [0.5, 0.6) is 0 Å². The van der Waals surface area contributed by atoms with Gasteiger partial charge in [0.1, 0.15) is 11.3 Å². The molecule has 1 aromatic carbocycles. The van der Waals surface area contributed by atoms with Crippen molar-refractivity contribution in [3.8, 4) is 0 Å². The molecule has 26 heavy (non-hydrogen) atoms. The van der Waals surface area contributed by atoms with Gasteiger partial charge in [-0.15, -0.1) is 0 Å². The first kappa shape index (κ1) is 18.7. The third-order valence-corrected chi connectivity index (χ3v) is 6.48. The number of hydrazine groups is 1. The van der Waals surface area contributed by atoms with E-state index < -0.39 is 39.0 Å². The average molecular weight is 400 g/mol. The molecule has 2 aliphatic rings. The monoisotopic (exact) mass is 399 g/mol. The van der Waals surface area contributed by atoms with E-state index in [2.05, 4.69) is 10.7 Å². The second-order valence-corrected chi connectivity index (χ2v) is 8.89. The molecule has 1 saturated carbocycles. The lowest BCUT2D eigenvalue weighted by atomic mass is 9.82. The van der Waals surface area contributed by atoms with Crippen molar-refractivity contribution in [3.63, 3.8) is 0 Å². The Kier molecular flexibility index (Phi) is 4.94. The molecule has 1 aliphatic heterocycles. The summed E-state index contributed by atoms with van der Waals surface area (Å²) in [6.07, 6.45) is 3.61. The average Bonchev–Trinajstić information content (AvgIpc) is 2.79. The van der Waals surface area contributed by atoms with E-state index in [0.717, 1.165) is 19.3 Å². The highest BCUT2D eigenvalue weighted by molar-refractivity contribution is 7.92. The number of benzene rings is 1. The van der Waals surface area contributed by atoms with Crippen molar-refractivity contribution in [2.45, 2.75) is 42.5 Å². The zero-order chi connectivity index (χ0) is 18.9. The molecular weight excluding hydrogens is 382 g/mol. The van der Waals surface area contributed by atoms with E-state index in [-0.39, 0.29) is 4.90 Å². The molecule has 1 spiro atoms. The molecule has 10 heteroatoms. The molecule has 8 nitrogen and oxygen atoms in total. The zero-order valence-electron chi connectivity index (χ0n) is 13.8. The molecule has 0 bridgehead atoms. The second-order valence-electron chi connectivity index (χ2n) is 6.46. The van der Waals surface area contributed by atoms with Crippen LogP contribution in [0.3, 0.4) is 0 Å². The Hall–Kier alpha value is -2.13. The summed E-state index contributed by atoms with van der Waals surface area (Å²) in [5.74, 6) is -2.39. The fourth-order valence-corrected chi connectivity index (χ4v) is 4.52. The van der Waals surface area contributed by atoms with Crippen molar-refractivity contribution in [2.24, 2.45) is 0 Å². The zero-order valence-corrected chi connectivity index (χ0v) is 15.4.